The molecule has 0 amide bonds. The highest BCUT2D eigenvalue weighted by Crippen LogP contribution is 2.41. The summed E-state index contributed by atoms with van der Waals surface area (Å²) in [4.78, 5) is 25.9. The molecule has 1 aromatic heterocycles. The molecule has 0 fully saturated rings. The lowest BCUT2D eigenvalue weighted by Crippen LogP contribution is -2.33. The Morgan fingerprint density at radius 3 is 2.67 bits per heavy atom. The molecule has 2 atom stereocenters. The van der Waals surface area contributed by atoms with Crippen molar-refractivity contribution < 1.29 is 18.7 Å². The fourth-order valence-electron chi connectivity index (χ4n) is 3.04. The normalized spacial score (nSPS) is 20.6. The largest absolute Gasteiger partial charge is 0.465 e. The molecule has 3 nitrogen and oxygen atoms in total. The van der Waals surface area contributed by atoms with Gasteiger partial charge in [0, 0.05) is 10.8 Å². The zero-order valence-corrected chi connectivity index (χ0v) is 14.0. The topological polar surface area (TPSA) is 43.4 Å². The zero-order chi connectivity index (χ0) is 17.1. The first kappa shape index (κ1) is 16.6. The van der Waals surface area contributed by atoms with Gasteiger partial charge in [-0.15, -0.1) is 11.3 Å². The quantitative estimate of drug-likeness (QED) is 0.616. The number of ketones is 1. The second-order valence-corrected chi connectivity index (χ2v) is 6.59. The van der Waals surface area contributed by atoms with Gasteiger partial charge in [-0.3, -0.25) is 9.59 Å². The van der Waals surface area contributed by atoms with E-state index in [9.17, 15) is 14.0 Å². The van der Waals surface area contributed by atoms with E-state index in [1.54, 1.807) is 36.5 Å². The van der Waals surface area contributed by atoms with Crippen LogP contribution in [0, 0.1) is 11.7 Å². The summed E-state index contributed by atoms with van der Waals surface area (Å²) in [6.45, 7) is 1.94. The molecule has 0 radical (unpaired) electrons. The predicted molar refractivity (Wildman–Crippen MR) is 91.2 cm³/mol. The molecule has 1 aliphatic rings. The molecule has 5 heteroatoms. The molecule has 1 heterocycles. The van der Waals surface area contributed by atoms with Crippen molar-refractivity contribution in [2.75, 3.05) is 6.61 Å². The average Bonchev–Trinajstić information content (AvgIpc) is 3.09. The van der Waals surface area contributed by atoms with Crippen LogP contribution in [0.2, 0.25) is 0 Å². The van der Waals surface area contributed by atoms with E-state index in [1.807, 2.05) is 17.5 Å². The lowest BCUT2D eigenvalue weighted by atomic mass is 9.74. The molecule has 0 unspecified atom stereocenters. The summed E-state index contributed by atoms with van der Waals surface area (Å²) >= 11 is 1.55. The van der Waals surface area contributed by atoms with Crippen LogP contribution in [0.5, 0.6) is 0 Å². The number of allylic oxidation sites excluding steroid dienone is 2. The van der Waals surface area contributed by atoms with E-state index in [0.717, 1.165) is 16.0 Å². The van der Waals surface area contributed by atoms with Crippen LogP contribution in [0.1, 0.15) is 29.7 Å². The molecule has 0 saturated heterocycles. The van der Waals surface area contributed by atoms with E-state index in [0.29, 0.717) is 6.42 Å². The van der Waals surface area contributed by atoms with Gasteiger partial charge in [0.1, 0.15) is 11.7 Å². The van der Waals surface area contributed by atoms with Gasteiger partial charge < -0.3 is 4.74 Å². The van der Waals surface area contributed by atoms with Crippen molar-refractivity contribution in [3.05, 3.63) is 64.1 Å². The molecule has 24 heavy (non-hydrogen) atoms. The third-order valence-corrected chi connectivity index (χ3v) is 5.09. The molecular formula is C19H17FO3S. The van der Waals surface area contributed by atoms with Crippen LogP contribution in [0.4, 0.5) is 4.39 Å². The summed E-state index contributed by atoms with van der Waals surface area (Å²) in [6.07, 6.45) is 2.09. The Kier molecular flexibility index (Phi) is 4.90. The van der Waals surface area contributed by atoms with E-state index in [2.05, 4.69) is 0 Å². The SMILES string of the molecule is CCOC(=O)[C@@H]1C(=O)C=C(c2cccs2)C[C@H]1c1ccc(F)cc1. The maximum Gasteiger partial charge on any atom is 0.317 e. The second-order valence-electron chi connectivity index (χ2n) is 5.64. The molecule has 1 aromatic carbocycles. The summed E-state index contributed by atoms with van der Waals surface area (Å²) in [7, 11) is 0. The minimum absolute atomic E-state index is 0.222. The number of ether oxygens (including phenoxy) is 1. The second kappa shape index (κ2) is 7.09. The third-order valence-electron chi connectivity index (χ3n) is 4.14. The van der Waals surface area contributed by atoms with Gasteiger partial charge in [0.15, 0.2) is 5.78 Å². The average molecular weight is 344 g/mol. The number of carbonyl (C=O) groups excluding carboxylic acids is 2. The van der Waals surface area contributed by atoms with Crippen molar-refractivity contribution in [2.45, 2.75) is 19.3 Å². The Bertz CT molecular complexity index is 762. The number of thiophene rings is 1. The summed E-state index contributed by atoms with van der Waals surface area (Å²) in [5, 5.41) is 1.95. The smallest absolute Gasteiger partial charge is 0.317 e. The highest BCUT2D eigenvalue weighted by molar-refractivity contribution is 7.11. The number of benzene rings is 1. The summed E-state index contributed by atoms with van der Waals surface area (Å²) in [5.41, 5.74) is 1.68. The molecule has 0 saturated carbocycles. The van der Waals surface area contributed by atoms with E-state index in [-0.39, 0.29) is 24.1 Å². The third kappa shape index (κ3) is 3.31. The van der Waals surface area contributed by atoms with E-state index in [4.69, 9.17) is 4.74 Å². The van der Waals surface area contributed by atoms with Crippen LogP contribution >= 0.6 is 11.3 Å². The summed E-state index contributed by atoms with van der Waals surface area (Å²) < 4.78 is 18.3. The maximum absolute atomic E-state index is 13.2. The first-order chi connectivity index (χ1) is 11.6. The van der Waals surface area contributed by atoms with E-state index < -0.39 is 11.9 Å². The molecule has 124 valence electrons. The predicted octanol–water partition coefficient (Wildman–Crippen LogP) is 4.21. The molecular weight excluding hydrogens is 327 g/mol. The maximum atomic E-state index is 13.2. The van der Waals surface area contributed by atoms with Gasteiger partial charge in [0.05, 0.1) is 6.61 Å². The lowest BCUT2D eigenvalue weighted by Gasteiger charge is -2.29. The molecule has 2 aromatic rings. The molecule has 0 aliphatic heterocycles. The number of esters is 1. The number of hydrogen-bond donors (Lipinski definition) is 0. The Balaban J connectivity index is 2.00. The van der Waals surface area contributed by atoms with Crippen LogP contribution in [0.25, 0.3) is 5.57 Å². The highest BCUT2D eigenvalue weighted by atomic mass is 32.1. The Hall–Kier alpha value is -2.27. The van der Waals surface area contributed by atoms with Gasteiger partial charge in [-0.2, -0.15) is 0 Å². The minimum atomic E-state index is -0.876. The standard InChI is InChI=1S/C19H17FO3S/c1-2-23-19(22)18-15(12-5-7-14(20)8-6-12)10-13(11-16(18)21)17-4-3-9-24-17/h3-9,11,15,18H,2,10H2,1H3/t15-,18-/m0/s1. The van der Waals surface area contributed by atoms with Gasteiger partial charge in [-0.05, 0) is 54.1 Å². The molecule has 0 spiro atoms. The number of rotatable bonds is 4. The van der Waals surface area contributed by atoms with Gasteiger partial charge in [0.25, 0.3) is 0 Å². The van der Waals surface area contributed by atoms with Crippen molar-refractivity contribution in [3.63, 3.8) is 0 Å². The van der Waals surface area contributed by atoms with Crippen molar-refractivity contribution in [1.82, 2.24) is 0 Å². The van der Waals surface area contributed by atoms with Crippen LogP contribution in [-0.2, 0) is 14.3 Å². The molecule has 0 N–H and O–H groups in total. The fraction of sp³-hybridized carbons (Fsp3) is 0.263. The number of carbonyl (C=O) groups is 2. The highest BCUT2D eigenvalue weighted by Gasteiger charge is 2.39. The summed E-state index contributed by atoms with van der Waals surface area (Å²) in [5.74, 6) is -2.34. The van der Waals surface area contributed by atoms with Crippen LogP contribution < -0.4 is 0 Å². The molecule has 0 bridgehead atoms. The van der Waals surface area contributed by atoms with Crippen molar-refractivity contribution in [2.24, 2.45) is 5.92 Å². The van der Waals surface area contributed by atoms with E-state index in [1.165, 1.54) is 12.1 Å². The van der Waals surface area contributed by atoms with Gasteiger partial charge in [0.2, 0.25) is 0 Å². The lowest BCUT2D eigenvalue weighted by molar-refractivity contribution is -0.151. The van der Waals surface area contributed by atoms with Crippen LogP contribution in [0.3, 0.4) is 0 Å². The van der Waals surface area contributed by atoms with Crippen LogP contribution in [0.15, 0.2) is 47.9 Å². The number of hydrogen-bond acceptors (Lipinski definition) is 4. The first-order valence-electron chi connectivity index (χ1n) is 7.80. The monoisotopic (exact) mass is 344 g/mol. The van der Waals surface area contributed by atoms with Gasteiger partial charge in [-0.25, -0.2) is 4.39 Å². The van der Waals surface area contributed by atoms with E-state index >= 15 is 0 Å². The Labute approximate surface area is 143 Å². The first-order valence-corrected chi connectivity index (χ1v) is 8.68. The fourth-order valence-corrected chi connectivity index (χ4v) is 3.79. The van der Waals surface area contributed by atoms with Crippen molar-refractivity contribution in [1.29, 1.82) is 0 Å². The van der Waals surface area contributed by atoms with Gasteiger partial charge in [-0.1, -0.05) is 18.2 Å². The number of halogens is 1. The van der Waals surface area contributed by atoms with Gasteiger partial charge >= 0.3 is 5.97 Å². The zero-order valence-electron chi connectivity index (χ0n) is 13.2. The molecule has 1 aliphatic carbocycles. The van der Waals surface area contributed by atoms with Crippen molar-refractivity contribution >= 4 is 28.7 Å². The van der Waals surface area contributed by atoms with Crippen molar-refractivity contribution in [3.8, 4) is 0 Å². The summed E-state index contributed by atoms with van der Waals surface area (Å²) in [6, 6.07) is 9.86. The molecule has 3 rings (SSSR count). The van der Waals surface area contributed by atoms with Crippen LogP contribution in [-0.4, -0.2) is 18.4 Å². The minimum Gasteiger partial charge on any atom is -0.465 e. The Morgan fingerprint density at radius 1 is 1.29 bits per heavy atom. The Morgan fingerprint density at radius 2 is 2.04 bits per heavy atom.